The van der Waals surface area contributed by atoms with Crippen LogP contribution >= 0.6 is 0 Å². The van der Waals surface area contributed by atoms with Crippen molar-refractivity contribution < 1.29 is 9.15 Å². The third-order valence-electron chi connectivity index (χ3n) is 3.00. The molecule has 0 radical (unpaired) electrons. The molecular weight excluding hydrogens is 204 g/mol. The smallest absolute Gasteiger partial charge is 0.181 e. The summed E-state index contributed by atoms with van der Waals surface area (Å²) in [6, 6.07) is 0.450. The third-order valence-corrected chi connectivity index (χ3v) is 3.00. The van der Waals surface area contributed by atoms with Gasteiger partial charge in [-0.1, -0.05) is 20.8 Å². The number of rotatable bonds is 4. The van der Waals surface area contributed by atoms with Gasteiger partial charge < -0.3 is 14.5 Å². The zero-order chi connectivity index (χ0) is 11.5. The quantitative estimate of drug-likeness (QED) is 0.852. The molecule has 1 aromatic heterocycles. The molecule has 1 N–H and O–H groups in total. The second-order valence-electron chi connectivity index (χ2n) is 4.76. The van der Waals surface area contributed by atoms with Gasteiger partial charge in [-0.3, -0.25) is 0 Å². The predicted octanol–water partition coefficient (Wildman–Crippen LogP) is 2.27. The summed E-state index contributed by atoms with van der Waals surface area (Å²) in [5.41, 5.74) is 0.979. The Morgan fingerprint density at radius 3 is 3.00 bits per heavy atom. The van der Waals surface area contributed by atoms with Gasteiger partial charge in [-0.05, 0) is 12.3 Å². The Morgan fingerprint density at radius 2 is 2.38 bits per heavy atom. The number of aromatic nitrogens is 1. The minimum Gasteiger partial charge on any atom is -0.445 e. The summed E-state index contributed by atoms with van der Waals surface area (Å²) in [5, 5.41) is 3.35. The fraction of sp³-hybridized carbons (Fsp3) is 0.750. The van der Waals surface area contributed by atoms with Gasteiger partial charge in [0.05, 0.1) is 5.69 Å². The number of hydrogen-bond acceptors (Lipinski definition) is 4. The lowest BCUT2D eigenvalue weighted by atomic mass is 10.0. The van der Waals surface area contributed by atoms with E-state index in [1.165, 1.54) is 6.39 Å². The Hall–Kier alpha value is -0.870. The molecule has 4 nitrogen and oxygen atoms in total. The van der Waals surface area contributed by atoms with Gasteiger partial charge in [0.15, 0.2) is 12.2 Å². The Morgan fingerprint density at radius 1 is 1.56 bits per heavy atom. The Balaban J connectivity index is 2.06. The standard InChI is InChI=1S/C12H20N2O2/c1-8(2)13-6-10-12(16-7-14-10)11-9(3)4-5-15-11/h7-9,11,13H,4-6H2,1-3H3. The van der Waals surface area contributed by atoms with Gasteiger partial charge in [0, 0.05) is 19.2 Å². The minimum atomic E-state index is 0.0893. The summed E-state index contributed by atoms with van der Waals surface area (Å²) in [4.78, 5) is 4.26. The van der Waals surface area contributed by atoms with E-state index in [0.717, 1.165) is 31.0 Å². The van der Waals surface area contributed by atoms with Crippen molar-refractivity contribution in [1.29, 1.82) is 0 Å². The largest absolute Gasteiger partial charge is 0.445 e. The van der Waals surface area contributed by atoms with Gasteiger partial charge in [0.25, 0.3) is 0 Å². The van der Waals surface area contributed by atoms with Gasteiger partial charge in [-0.25, -0.2) is 4.98 Å². The summed E-state index contributed by atoms with van der Waals surface area (Å²) < 4.78 is 11.2. The first-order valence-corrected chi connectivity index (χ1v) is 5.95. The van der Waals surface area contributed by atoms with Crippen molar-refractivity contribution in [3.05, 3.63) is 17.8 Å². The molecule has 2 atom stereocenters. The summed E-state index contributed by atoms with van der Waals surface area (Å²) in [6.45, 7) is 8.00. The molecule has 0 aromatic carbocycles. The van der Waals surface area contributed by atoms with Gasteiger partial charge in [-0.15, -0.1) is 0 Å². The maximum absolute atomic E-state index is 5.70. The molecule has 2 unspecified atom stereocenters. The van der Waals surface area contributed by atoms with E-state index in [1.54, 1.807) is 0 Å². The van der Waals surface area contributed by atoms with Crippen molar-refractivity contribution in [3.8, 4) is 0 Å². The first kappa shape index (κ1) is 11.6. The highest BCUT2D eigenvalue weighted by molar-refractivity contribution is 5.12. The van der Waals surface area contributed by atoms with Crippen LogP contribution in [0.4, 0.5) is 0 Å². The van der Waals surface area contributed by atoms with Crippen LogP contribution in [0.15, 0.2) is 10.8 Å². The van der Waals surface area contributed by atoms with Crippen LogP contribution in [0.3, 0.4) is 0 Å². The first-order valence-electron chi connectivity index (χ1n) is 5.95. The Labute approximate surface area is 96.4 Å². The molecule has 0 aliphatic carbocycles. The summed E-state index contributed by atoms with van der Waals surface area (Å²) >= 11 is 0. The van der Waals surface area contributed by atoms with Crippen molar-refractivity contribution in [2.75, 3.05) is 6.61 Å². The topological polar surface area (TPSA) is 47.3 Å². The lowest BCUT2D eigenvalue weighted by Gasteiger charge is -2.13. The van der Waals surface area contributed by atoms with E-state index in [0.29, 0.717) is 12.0 Å². The fourth-order valence-electron chi connectivity index (χ4n) is 1.97. The van der Waals surface area contributed by atoms with Crippen LogP contribution in [-0.2, 0) is 11.3 Å². The van der Waals surface area contributed by atoms with Crippen LogP contribution in [0.5, 0.6) is 0 Å². The molecule has 2 heterocycles. The Kier molecular flexibility index (Phi) is 3.61. The molecule has 2 rings (SSSR count). The van der Waals surface area contributed by atoms with Crippen LogP contribution < -0.4 is 5.32 Å². The zero-order valence-corrected chi connectivity index (χ0v) is 10.2. The van der Waals surface area contributed by atoms with Crippen molar-refractivity contribution in [1.82, 2.24) is 10.3 Å². The van der Waals surface area contributed by atoms with E-state index in [4.69, 9.17) is 9.15 Å². The SMILES string of the molecule is CC(C)NCc1ncoc1C1OCCC1C. The second-order valence-corrected chi connectivity index (χ2v) is 4.76. The van der Waals surface area contributed by atoms with Crippen LogP contribution in [0.25, 0.3) is 0 Å². The monoisotopic (exact) mass is 224 g/mol. The first-order chi connectivity index (χ1) is 7.68. The van der Waals surface area contributed by atoms with E-state index in [-0.39, 0.29) is 6.10 Å². The average Bonchev–Trinajstić information content (AvgIpc) is 2.82. The van der Waals surface area contributed by atoms with E-state index in [9.17, 15) is 0 Å². The summed E-state index contributed by atoms with van der Waals surface area (Å²) in [6.07, 6.45) is 2.70. The number of oxazole rings is 1. The van der Waals surface area contributed by atoms with Crippen molar-refractivity contribution in [2.24, 2.45) is 5.92 Å². The normalized spacial score (nSPS) is 25.5. The molecule has 1 fully saturated rings. The number of ether oxygens (including phenoxy) is 1. The molecule has 0 spiro atoms. The average molecular weight is 224 g/mol. The molecule has 1 aliphatic heterocycles. The van der Waals surface area contributed by atoms with Crippen molar-refractivity contribution in [3.63, 3.8) is 0 Å². The molecule has 4 heteroatoms. The van der Waals surface area contributed by atoms with Gasteiger partial charge in [0.2, 0.25) is 0 Å². The molecule has 0 amide bonds. The third kappa shape index (κ3) is 2.44. The van der Waals surface area contributed by atoms with Crippen LogP contribution in [0.2, 0.25) is 0 Å². The van der Waals surface area contributed by atoms with E-state index >= 15 is 0 Å². The molecule has 0 saturated carbocycles. The molecular formula is C12H20N2O2. The molecule has 1 saturated heterocycles. The summed E-state index contributed by atoms with van der Waals surface area (Å²) in [5.74, 6) is 1.42. The van der Waals surface area contributed by atoms with Gasteiger partial charge in [0.1, 0.15) is 6.10 Å². The lowest BCUT2D eigenvalue weighted by Crippen LogP contribution is -2.23. The van der Waals surface area contributed by atoms with Crippen molar-refractivity contribution in [2.45, 2.75) is 45.9 Å². The molecule has 0 bridgehead atoms. The van der Waals surface area contributed by atoms with E-state index in [1.807, 2.05) is 0 Å². The second kappa shape index (κ2) is 4.97. The minimum absolute atomic E-state index is 0.0893. The van der Waals surface area contributed by atoms with Crippen LogP contribution in [0.1, 0.15) is 44.8 Å². The lowest BCUT2D eigenvalue weighted by molar-refractivity contribution is 0.0749. The maximum atomic E-state index is 5.70. The number of nitrogens with zero attached hydrogens (tertiary/aromatic N) is 1. The van der Waals surface area contributed by atoms with E-state index < -0.39 is 0 Å². The summed E-state index contributed by atoms with van der Waals surface area (Å²) in [7, 11) is 0. The Bertz CT molecular complexity index is 336. The highest BCUT2D eigenvalue weighted by atomic mass is 16.5. The predicted molar refractivity (Wildman–Crippen MR) is 61.0 cm³/mol. The highest BCUT2D eigenvalue weighted by Crippen LogP contribution is 2.35. The molecule has 90 valence electrons. The number of hydrogen-bond donors (Lipinski definition) is 1. The number of nitrogens with one attached hydrogen (secondary N) is 1. The molecule has 1 aromatic rings. The maximum Gasteiger partial charge on any atom is 0.181 e. The van der Waals surface area contributed by atoms with Crippen LogP contribution in [-0.4, -0.2) is 17.6 Å². The molecule has 16 heavy (non-hydrogen) atoms. The van der Waals surface area contributed by atoms with E-state index in [2.05, 4.69) is 31.1 Å². The molecule has 1 aliphatic rings. The van der Waals surface area contributed by atoms with Crippen molar-refractivity contribution >= 4 is 0 Å². The van der Waals surface area contributed by atoms with Crippen LogP contribution in [0, 0.1) is 5.92 Å². The fourth-order valence-corrected chi connectivity index (χ4v) is 1.97. The van der Waals surface area contributed by atoms with Gasteiger partial charge in [-0.2, -0.15) is 0 Å². The zero-order valence-electron chi connectivity index (χ0n) is 10.2. The highest BCUT2D eigenvalue weighted by Gasteiger charge is 2.30. The van der Waals surface area contributed by atoms with Gasteiger partial charge >= 0.3 is 0 Å².